The Labute approximate surface area is 185 Å². The molecule has 2 aliphatic rings. The average Bonchev–Trinajstić information content (AvgIpc) is 3.17. The van der Waals surface area contributed by atoms with Gasteiger partial charge >= 0.3 is 12.6 Å². The van der Waals surface area contributed by atoms with Crippen molar-refractivity contribution in [1.29, 1.82) is 0 Å². The van der Waals surface area contributed by atoms with Crippen LogP contribution in [0.15, 0.2) is 42.0 Å². The van der Waals surface area contributed by atoms with E-state index >= 15 is 0 Å². The number of carbonyl (C=O) groups is 2. The van der Waals surface area contributed by atoms with Crippen LogP contribution in [-0.4, -0.2) is 52.5 Å². The molecule has 0 radical (unpaired) electrons. The summed E-state index contributed by atoms with van der Waals surface area (Å²) in [5.74, 6) is -0.117. The molecule has 2 fully saturated rings. The van der Waals surface area contributed by atoms with Gasteiger partial charge in [-0.15, -0.1) is 11.3 Å². The molecule has 2 aromatic heterocycles. The molecule has 2 N–H and O–H groups in total. The Morgan fingerprint density at radius 1 is 1.22 bits per heavy atom. The van der Waals surface area contributed by atoms with Crippen LogP contribution in [0.5, 0.6) is 5.75 Å². The lowest BCUT2D eigenvalue weighted by molar-refractivity contribution is -0.0584. The van der Waals surface area contributed by atoms with Gasteiger partial charge in [0.1, 0.15) is 17.8 Å². The number of anilines is 1. The molecule has 0 unspecified atom stereocenters. The van der Waals surface area contributed by atoms with Gasteiger partial charge in [0.2, 0.25) is 0 Å². The summed E-state index contributed by atoms with van der Waals surface area (Å²) in [7, 11) is 0. The monoisotopic (exact) mass is 459 g/mol. The molecule has 11 heteroatoms. The number of thiophene rings is 1. The van der Waals surface area contributed by atoms with E-state index < -0.39 is 12.6 Å². The van der Waals surface area contributed by atoms with Crippen molar-refractivity contribution in [3.05, 3.63) is 47.7 Å². The first kappa shape index (κ1) is 20.6. The maximum Gasteiger partial charge on any atom is 0.387 e. The zero-order valence-electron chi connectivity index (χ0n) is 16.8. The third kappa shape index (κ3) is 3.95. The van der Waals surface area contributed by atoms with E-state index in [9.17, 15) is 18.4 Å². The van der Waals surface area contributed by atoms with E-state index in [-0.39, 0.29) is 23.1 Å². The first-order chi connectivity index (χ1) is 15.4. The highest BCUT2D eigenvalue weighted by atomic mass is 32.1. The number of aromatic nitrogens is 2. The summed E-state index contributed by atoms with van der Waals surface area (Å²) in [6, 6.07) is 7.29. The number of alkyl halides is 2. The van der Waals surface area contributed by atoms with Gasteiger partial charge in [-0.2, -0.15) is 8.78 Å². The molecule has 3 amide bonds. The molecule has 1 aliphatic heterocycles. The van der Waals surface area contributed by atoms with Gasteiger partial charge < -0.3 is 20.3 Å². The highest BCUT2D eigenvalue weighted by Gasteiger charge is 2.54. The molecular weight excluding hydrogens is 440 g/mol. The van der Waals surface area contributed by atoms with E-state index in [2.05, 4.69) is 25.3 Å². The maximum absolute atomic E-state index is 12.8. The second-order valence-electron chi connectivity index (χ2n) is 8.13. The molecule has 8 nitrogen and oxygen atoms in total. The Morgan fingerprint density at radius 2 is 2.03 bits per heavy atom. The van der Waals surface area contributed by atoms with Gasteiger partial charge in [0.25, 0.3) is 5.91 Å². The third-order valence-corrected chi connectivity index (χ3v) is 6.71. The lowest BCUT2D eigenvalue weighted by atomic mass is 9.60. The molecule has 0 atom stereocenters. The summed E-state index contributed by atoms with van der Waals surface area (Å²) in [4.78, 5) is 35.2. The predicted molar refractivity (Wildman–Crippen MR) is 114 cm³/mol. The Balaban J connectivity index is 1.10. The number of ether oxygens (including phenoxy) is 1. The second kappa shape index (κ2) is 7.97. The van der Waals surface area contributed by atoms with Gasteiger partial charge in [-0.05, 0) is 36.4 Å². The van der Waals surface area contributed by atoms with Crippen LogP contribution in [0.2, 0.25) is 0 Å². The number of hydrogen-bond acceptors (Lipinski definition) is 6. The normalized spacial score (nSPS) is 17.2. The average molecular weight is 459 g/mol. The van der Waals surface area contributed by atoms with E-state index in [4.69, 9.17) is 0 Å². The zero-order valence-corrected chi connectivity index (χ0v) is 17.6. The van der Waals surface area contributed by atoms with Crippen molar-refractivity contribution in [3.63, 3.8) is 0 Å². The highest BCUT2D eigenvalue weighted by Crippen LogP contribution is 2.48. The van der Waals surface area contributed by atoms with Gasteiger partial charge in [0.05, 0.1) is 10.2 Å². The topological polar surface area (TPSA) is 96.5 Å². The fraction of sp³-hybridized carbons (Fsp3) is 0.333. The number of nitrogens with one attached hydrogen (secondary N) is 2. The Kier molecular flexibility index (Phi) is 5.12. The second-order valence-corrected chi connectivity index (χ2v) is 9.04. The van der Waals surface area contributed by atoms with Crippen molar-refractivity contribution in [2.24, 2.45) is 5.41 Å². The summed E-state index contributed by atoms with van der Waals surface area (Å²) >= 11 is 1.45. The first-order valence-corrected chi connectivity index (χ1v) is 10.9. The van der Waals surface area contributed by atoms with E-state index in [1.807, 2.05) is 11.4 Å². The summed E-state index contributed by atoms with van der Waals surface area (Å²) in [6.45, 7) is -1.66. The number of hydrogen-bond donors (Lipinski definition) is 2. The van der Waals surface area contributed by atoms with E-state index in [0.29, 0.717) is 24.5 Å². The number of rotatable bonds is 5. The van der Waals surface area contributed by atoms with Gasteiger partial charge in [0, 0.05) is 36.3 Å². The number of nitrogens with zero attached hydrogens (tertiary/aromatic N) is 3. The molecule has 3 aromatic rings. The minimum atomic E-state index is -2.93. The van der Waals surface area contributed by atoms with Crippen LogP contribution in [0, 0.1) is 5.41 Å². The Hall–Kier alpha value is -3.34. The van der Waals surface area contributed by atoms with Crippen molar-refractivity contribution in [2.45, 2.75) is 25.5 Å². The first-order valence-electron chi connectivity index (χ1n) is 10.0. The fourth-order valence-electron chi connectivity index (χ4n) is 4.45. The molecule has 1 saturated carbocycles. The number of urea groups is 1. The molecular formula is C21H19F2N5O3S. The highest BCUT2D eigenvalue weighted by molar-refractivity contribution is 7.17. The molecule has 1 saturated heterocycles. The smallest absolute Gasteiger partial charge is 0.387 e. The van der Waals surface area contributed by atoms with Crippen molar-refractivity contribution < 1.29 is 23.1 Å². The summed E-state index contributed by atoms with van der Waals surface area (Å²) in [5, 5.41) is 7.40. The molecule has 3 heterocycles. The van der Waals surface area contributed by atoms with Crippen molar-refractivity contribution >= 4 is 39.2 Å². The van der Waals surface area contributed by atoms with Gasteiger partial charge in [-0.3, -0.25) is 4.79 Å². The number of likely N-dealkylation sites (tertiary alicyclic amines) is 1. The predicted octanol–water partition coefficient (Wildman–Crippen LogP) is 3.72. The molecule has 166 valence electrons. The summed E-state index contributed by atoms with van der Waals surface area (Å²) < 4.78 is 29.8. The van der Waals surface area contributed by atoms with Crippen LogP contribution >= 0.6 is 11.3 Å². The number of benzene rings is 1. The van der Waals surface area contributed by atoms with Crippen LogP contribution < -0.4 is 15.4 Å². The minimum absolute atomic E-state index is 0.00389. The molecule has 0 bridgehead atoms. The Bertz CT molecular complexity index is 1170. The third-order valence-electron chi connectivity index (χ3n) is 5.80. The van der Waals surface area contributed by atoms with Crippen molar-refractivity contribution in [2.75, 3.05) is 18.4 Å². The van der Waals surface area contributed by atoms with Crippen LogP contribution in [0.1, 0.15) is 23.3 Å². The molecule has 1 aromatic carbocycles. The van der Waals surface area contributed by atoms with E-state index in [0.717, 1.165) is 23.1 Å². The fourth-order valence-corrected chi connectivity index (χ4v) is 5.27. The maximum atomic E-state index is 12.8. The quantitative estimate of drug-likeness (QED) is 0.606. The summed E-state index contributed by atoms with van der Waals surface area (Å²) in [6.07, 6.45) is 2.96. The van der Waals surface area contributed by atoms with Gasteiger partial charge in [0.15, 0.2) is 0 Å². The number of amides is 3. The number of carbonyl (C=O) groups excluding carboxylic acids is 2. The van der Waals surface area contributed by atoms with Crippen LogP contribution in [-0.2, 0) is 0 Å². The van der Waals surface area contributed by atoms with Crippen LogP contribution in [0.25, 0.3) is 10.2 Å². The molecule has 1 aliphatic carbocycles. The number of fused-ring (bicyclic) bond motifs is 1. The van der Waals surface area contributed by atoms with E-state index in [1.54, 1.807) is 11.0 Å². The SMILES string of the molecule is O=C(Nc1cccc(OC(F)F)c1)NC1CC2(C1)CN(C(=O)c1ncnc3ccsc13)C2. The zero-order chi connectivity index (χ0) is 22.3. The minimum Gasteiger partial charge on any atom is -0.435 e. The number of halogens is 2. The van der Waals surface area contributed by atoms with Crippen LogP contribution in [0.3, 0.4) is 0 Å². The van der Waals surface area contributed by atoms with Crippen LogP contribution in [0.4, 0.5) is 19.3 Å². The Morgan fingerprint density at radius 3 is 2.81 bits per heavy atom. The largest absolute Gasteiger partial charge is 0.435 e. The molecule has 1 spiro atoms. The standard InChI is InChI=1S/C21H19F2N5O3S/c22-19(23)31-14-3-1-2-12(6-14)26-20(30)27-13-7-21(8-13)9-28(10-21)18(29)16-17-15(4-5-32-17)24-11-25-16/h1-6,11,13,19H,7-10H2,(H2,26,27,30). The van der Waals surface area contributed by atoms with Crippen molar-refractivity contribution in [3.8, 4) is 5.75 Å². The lowest BCUT2D eigenvalue weighted by Gasteiger charge is -2.58. The molecule has 5 rings (SSSR count). The summed E-state index contributed by atoms with van der Waals surface area (Å²) in [5.41, 5.74) is 1.60. The lowest BCUT2D eigenvalue weighted by Crippen LogP contribution is -2.67. The molecule has 32 heavy (non-hydrogen) atoms. The van der Waals surface area contributed by atoms with Crippen molar-refractivity contribution in [1.82, 2.24) is 20.2 Å². The van der Waals surface area contributed by atoms with Gasteiger partial charge in [-0.1, -0.05) is 6.07 Å². The van der Waals surface area contributed by atoms with E-state index in [1.165, 1.54) is 35.9 Å². The van der Waals surface area contributed by atoms with Gasteiger partial charge in [-0.25, -0.2) is 14.8 Å².